The van der Waals surface area contributed by atoms with Gasteiger partial charge in [-0.3, -0.25) is 4.79 Å². The van der Waals surface area contributed by atoms with Gasteiger partial charge in [0.25, 0.3) is 0 Å². The van der Waals surface area contributed by atoms with Gasteiger partial charge < -0.3 is 4.74 Å². The van der Waals surface area contributed by atoms with Gasteiger partial charge in [0.2, 0.25) is 0 Å². The van der Waals surface area contributed by atoms with Gasteiger partial charge in [-0.1, -0.05) is 96.1 Å². The molecule has 0 aromatic heterocycles. The molecule has 0 N–H and O–H groups in total. The lowest BCUT2D eigenvalue weighted by atomic mass is 10.1. The highest BCUT2D eigenvalue weighted by molar-refractivity contribution is 5.68. The van der Waals surface area contributed by atoms with E-state index < -0.39 is 0 Å². The number of esters is 1. The molecule has 148 valence electrons. The highest BCUT2D eigenvalue weighted by Gasteiger charge is 1.98. The van der Waals surface area contributed by atoms with Crippen molar-refractivity contribution in [1.29, 1.82) is 0 Å². The van der Waals surface area contributed by atoms with Crippen LogP contribution in [-0.2, 0) is 9.53 Å². The molecule has 0 saturated heterocycles. The predicted molar refractivity (Wildman–Crippen MR) is 110 cm³/mol. The van der Waals surface area contributed by atoms with Crippen molar-refractivity contribution in [3.05, 3.63) is 12.2 Å². The molecule has 0 aromatic carbocycles. The first-order valence-corrected chi connectivity index (χ1v) is 11.0. The zero-order chi connectivity index (χ0) is 18.4. The van der Waals surface area contributed by atoms with E-state index >= 15 is 0 Å². The van der Waals surface area contributed by atoms with Crippen molar-refractivity contribution in [3.8, 4) is 0 Å². The van der Waals surface area contributed by atoms with Gasteiger partial charge in [0.05, 0.1) is 7.11 Å². The summed E-state index contributed by atoms with van der Waals surface area (Å²) in [4.78, 5) is 11.0. The quantitative estimate of drug-likeness (QED) is 0.135. The minimum absolute atomic E-state index is 0.0742. The maximum Gasteiger partial charge on any atom is 0.305 e. The molecule has 0 rings (SSSR count). The Morgan fingerprint density at radius 2 is 1.04 bits per heavy atom. The Morgan fingerprint density at radius 3 is 1.48 bits per heavy atom. The second-order valence-electron chi connectivity index (χ2n) is 7.32. The van der Waals surface area contributed by atoms with E-state index in [9.17, 15) is 4.79 Å². The van der Waals surface area contributed by atoms with Crippen molar-refractivity contribution in [2.75, 3.05) is 7.11 Å². The summed E-state index contributed by atoms with van der Waals surface area (Å²) in [7, 11) is 1.46. The Labute approximate surface area is 157 Å². The highest BCUT2D eigenvalue weighted by Crippen LogP contribution is 2.12. The van der Waals surface area contributed by atoms with E-state index in [-0.39, 0.29) is 5.97 Å². The van der Waals surface area contributed by atoms with Crippen LogP contribution in [0, 0.1) is 0 Å². The molecule has 0 fully saturated rings. The minimum Gasteiger partial charge on any atom is -0.469 e. The van der Waals surface area contributed by atoms with Crippen molar-refractivity contribution in [2.45, 2.75) is 122 Å². The fraction of sp³-hybridized carbons (Fsp3) is 0.870. The van der Waals surface area contributed by atoms with E-state index in [1.807, 2.05) is 0 Å². The zero-order valence-electron chi connectivity index (χ0n) is 17.2. The summed E-state index contributed by atoms with van der Waals surface area (Å²) >= 11 is 0. The molecule has 0 amide bonds. The SMILES string of the molecule is CCCCCCCCCCCC/C=C\CCCCCCCC(=O)OC. The molecule has 0 saturated carbocycles. The number of allylic oxidation sites excluding steroid dienone is 2. The molecule has 0 aliphatic heterocycles. The van der Waals surface area contributed by atoms with Crippen LogP contribution in [0.15, 0.2) is 12.2 Å². The molecule has 2 heteroatoms. The molecule has 0 aliphatic rings. The largest absolute Gasteiger partial charge is 0.469 e. The fourth-order valence-corrected chi connectivity index (χ4v) is 3.15. The molecule has 0 heterocycles. The summed E-state index contributed by atoms with van der Waals surface area (Å²) in [6.07, 6.45) is 27.9. The Bertz CT molecular complexity index is 296. The lowest BCUT2D eigenvalue weighted by Gasteiger charge is -2.01. The molecule has 0 bridgehead atoms. The lowest BCUT2D eigenvalue weighted by Crippen LogP contribution is -1.98. The topological polar surface area (TPSA) is 26.3 Å². The average molecular weight is 353 g/mol. The van der Waals surface area contributed by atoms with Crippen molar-refractivity contribution in [2.24, 2.45) is 0 Å². The number of methoxy groups -OCH3 is 1. The molecule has 0 aromatic rings. The van der Waals surface area contributed by atoms with E-state index in [1.165, 1.54) is 103 Å². The number of hydrogen-bond donors (Lipinski definition) is 0. The first-order chi connectivity index (χ1) is 12.3. The third-order valence-electron chi connectivity index (χ3n) is 4.87. The van der Waals surface area contributed by atoms with Gasteiger partial charge in [-0.25, -0.2) is 0 Å². The lowest BCUT2D eigenvalue weighted by molar-refractivity contribution is -0.140. The summed E-state index contributed by atoms with van der Waals surface area (Å²) in [5.41, 5.74) is 0. The Balaban J connectivity index is 3.10. The smallest absolute Gasteiger partial charge is 0.305 e. The van der Waals surface area contributed by atoms with E-state index in [0.29, 0.717) is 6.42 Å². The normalized spacial score (nSPS) is 11.3. The minimum atomic E-state index is -0.0742. The molecule has 25 heavy (non-hydrogen) atoms. The van der Waals surface area contributed by atoms with E-state index in [0.717, 1.165) is 12.8 Å². The van der Waals surface area contributed by atoms with Crippen LogP contribution >= 0.6 is 0 Å². The molecule has 0 spiro atoms. The molecule has 0 atom stereocenters. The van der Waals surface area contributed by atoms with Crippen LogP contribution in [0.4, 0.5) is 0 Å². The van der Waals surface area contributed by atoms with Crippen LogP contribution in [0.2, 0.25) is 0 Å². The number of carbonyl (C=O) groups is 1. The number of unbranched alkanes of at least 4 members (excludes halogenated alkanes) is 15. The Morgan fingerprint density at radius 1 is 0.640 bits per heavy atom. The molecular weight excluding hydrogens is 308 g/mol. The second-order valence-corrected chi connectivity index (χ2v) is 7.32. The number of rotatable bonds is 19. The number of hydrogen-bond acceptors (Lipinski definition) is 2. The predicted octanol–water partition coefficient (Wildman–Crippen LogP) is 7.76. The van der Waals surface area contributed by atoms with Crippen LogP contribution in [0.25, 0.3) is 0 Å². The number of carbonyl (C=O) groups excluding carboxylic acids is 1. The molecule has 0 radical (unpaired) electrons. The monoisotopic (exact) mass is 352 g/mol. The zero-order valence-corrected chi connectivity index (χ0v) is 17.2. The average Bonchev–Trinajstić information content (AvgIpc) is 2.63. The maximum atomic E-state index is 11.0. The summed E-state index contributed by atoms with van der Waals surface area (Å²) in [6, 6.07) is 0. The first kappa shape index (κ1) is 24.2. The van der Waals surface area contributed by atoms with Gasteiger partial charge in [-0.15, -0.1) is 0 Å². The summed E-state index contributed by atoms with van der Waals surface area (Å²) in [6.45, 7) is 2.28. The van der Waals surface area contributed by atoms with Crippen molar-refractivity contribution < 1.29 is 9.53 Å². The van der Waals surface area contributed by atoms with Crippen molar-refractivity contribution in [3.63, 3.8) is 0 Å². The van der Waals surface area contributed by atoms with E-state index in [4.69, 9.17) is 0 Å². The van der Waals surface area contributed by atoms with Crippen LogP contribution in [0.5, 0.6) is 0 Å². The molecule has 2 nitrogen and oxygen atoms in total. The summed E-state index contributed by atoms with van der Waals surface area (Å²) < 4.78 is 4.64. The molecule has 0 aliphatic carbocycles. The summed E-state index contributed by atoms with van der Waals surface area (Å²) in [5, 5.41) is 0. The van der Waals surface area contributed by atoms with E-state index in [1.54, 1.807) is 0 Å². The van der Waals surface area contributed by atoms with Crippen LogP contribution in [-0.4, -0.2) is 13.1 Å². The summed E-state index contributed by atoms with van der Waals surface area (Å²) in [5.74, 6) is -0.0742. The van der Waals surface area contributed by atoms with Gasteiger partial charge >= 0.3 is 5.97 Å². The third-order valence-corrected chi connectivity index (χ3v) is 4.87. The maximum absolute atomic E-state index is 11.0. The number of ether oxygens (including phenoxy) is 1. The van der Waals surface area contributed by atoms with Crippen LogP contribution < -0.4 is 0 Å². The Hall–Kier alpha value is -0.790. The van der Waals surface area contributed by atoms with Gasteiger partial charge in [-0.05, 0) is 32.1 Å². The van der Waals surface area contributed by atoms with Crippen molar-refractivity contribution in [1.82, 2.24) is 0 Å². The highest BCUT2D eigenvalue weighted by atomic mass is 16.5. The third kappa shape index (κ3) is 21.2. The van der Waals surface area contributed by atoms with E-state index in [2.05, 4.69) is 23.8 Å². The van der Waals surface area contributed by atoms with Crippen LogP contribution in [0.1, 0.15) is 122 Å². The second kappa shape index (κ2) is 21.3. The molecular formula is C23H44O2. The van der Waals surface area contributed by atoms with Gasteiger partial charge in [0.15, 0.2) is 0 Å². The molecule has 0 unspecified atom stereocenters. The van der Waals surface area contributed by atoms with Crippen LogP contribution in [0.3, 0.4) is 0 Å². The van der Waals surface area contributed by atoms with Crippen molar-refractivity contribution >= 4 is 5.97 Å². The standard InChI is InChI=1S/C23H44O2/c1-3-4-5-6-7-8-9-10-11-12-13-14-15-16-17-18-19-20-21-22-23(24)25-2/h14-15H,3-13,16-22H2,1-2H3/b15-14-. The van der Waals surface area contributed by atoms with Gasteiger partial charge in [0.1, 0.15) is 0 Å². The first-order valence-electron chi connectivity index (χ1n) is 11.0. The van der Waals surface area contributed by atoms with Gasteiger partial charge in [-0.2, -0.15) is 0 Å². The fourth-order valence-electron chi connectivity index (χ4n) is 3.15. The van der Waals surface area contributed by atoms with Gasteiger partial charge in [0, 0.05) is 6.42 Å². The Kier molecular flexibility index (Phi) is 20.6.